The molecule has 1 saturated heterocycles. The Hall–Kier alpha value is -4.93. The summed E-state index contributed by atoms with van der Waals surface area (Å²) in [6.07, 6.45) is 1.12. The maximum Gasteiger partial charge on any atom is 0.278 e. The molecule has 1 fully saturated rings. The Kier molecular flexibility index (Phi) is 6.69. The summed E-state index contributed by atoms with van der Waals surface area (Å²) < 4.78 is 34.5. The van der Waals surface area contributed by atoms with Gasteiger partial charge in [-0.15, -0.1) is 0 Å². The van der Waals surface area contributed by atoms with Crippen LogP contribution < -0.4 is 19.9 Å². The maximum absolute atomic E-state index is 15.0. The van der Waals surface area contributed by atoms with Crippen molar-refractivity contribution in [1.82, 2.24) is 9.58 Å². The van der Waals surface area contributed by atoms with Crippen LogP contribution in [0.5, 0.6) is 10.8 Å². The lowest BCUT2D eigenvalue weighted by molar-refractivity contribution is -0.0197. The van der Waals surface area contributed by atoms with Crippen LogP contribution in [0.25, 0.3) is 21.6 Å². The number of ether oxygens (including phenoxy) is 3. The number of hydrogen-bond acceptors (Lipinski definition) is 7. The SMILES string of the molecule is COc1cc2c(s1)-c1cc(F)ccc1C(N1[C@@H]3COCCN3C(=O)c3c(OCc4ccccc4)c(=O)ccn31)c1ccccc1-2. The maximum atomic E-state index is 15.0. The fourth-order valence-electron chi connectivity index (χ4n) is 6.65. The van der Waals surface area contributed by atoms with Gasteiger partial charge in [-0.05, 0) is 34.4 Å². The second-order valence-electron chi connectivity index (χ2n) is 11.1. The number of fused-ring (bicyclic) bond motifs is 7. The Balaban J connectivity index is 1.37. The summed E-state index contributed by atoms with van der Waals surface area (Å²) in [5, 5.41) is 2.80. The molecule has 3 aliphatic rings. The predicted octanol–water partition coefficient (Wildman–Crippen LogP) is 5.82. The quantitative estimate of drug-likeness (QED) is 0.246. The van der Waals surface area contributed by atoms with E-state index in [-0.39, 0.29) is 41.8 Å². The van der Waals surface area contributed by atoms with E-state index < -0.39 is 12.2 Å². The molecule has 0 saturated carbocycles. The van der Waals surface area contributed by atoms with Crippen LogP contribution in [0.4, 0.5) is 4.39 Å². The van der Waals surface area contributed by atoms with E-state index in [9.17, 15) is 9.59 Å². The van der Waals surface area contributed by atoms with Crippen molar-refractivity contribution in [3.05, 3.63) is 130 Å². The molecule has 4 heterocycles. The molecule has 3 aromatic carbocycles. The van der Waals surface area contributed by atoms with Gasteiger partial charge in [0.15, 0.2) is 16.5 Å². The molecule has 2 aromatic heterocycles. The van der Waals surface area contributed by atoms with E-state index in [1.54, 1.807) is 28.9 Å². The molecule has 1 aliphatic carbocycles. The second kappa shape index (κ2) is 10.9. The van der Waals surface area contributed by atoms with E-state index in [4.69, 9.17) is 14.2 Å². The Morgan fingerprint density at radius 3 is 2.58 bits per heavy atom. The van der Waals surface area contributed by atoms with Gasteiger partial charge >= 0.3 is 0 Å². The summed E-state index contributed by atoms with van der Waals surface area (Å²) in [6.45, 7) is 1.09. The highest BCUT2D eigenvalue weighted by Gasteiger charge is 2.46. The zero-order valence-electron chi connectivity index (χ0n) is 24.3. The highest BCUT2D eigenvalue weighted by Crippen LogP contribution is 2.52. The Bertz CT molecular complexity index is 2010. The lowest BCUT2D eigenvalue weighted by Crippen LogP contribution is -2.66. The van der Waals surface area contributed by atoms with E-state index >= 15 is 4.39 Å². The third kappa shape index (κ3) is 4.43. The van der Waals surface area contributed by atoms with Crippen molar-refractivity contribution >= 4 is 17.2 Å². The average molecular weight is 622 g/mol. The molecule has 1 amide bonds. The van der Waals surface area contributed by atoms with Crippen LogP contribution in [0, 0.1) is 5.82 Å². The summed E-state index contributed by atoms with van der Waals surface area (Å²) in [5.41, 5.74) is 5.11. The summed E-state index contributed by atoms with van der Waals surface area (Å²) >= 11 is 1.47. The predicted molar refractivity (Wildman–Crippen MR) is 169 cm³/mol. The fourth-order valence-corrected chi connectivity index (χ4v) is 7.68. The van der Waals surface area contributed by atoms with Crippen molar-refractivity contribution in [2.75, 3.05) is 31.9 Å². The molecule has 8 nitrogen and oxygen atoms in total. The average Bonchev–Trinajstić information content (AvgIpc) is 3.47. The van der Waals surface area contributed by atoms with Crippen LogP contribution in [0.2, 0.25) is 0 Å². The third-order valence-corrected chi connectivity index (χ3v) is 9.79. The van der Waals surface area contributed by atoms with Gasteiger partial charge in [0.05, 0.1) is 26.4 Å². The summed E-state index contributed by atoms with van der Waals surface area (Å²) in [7, 11) is 1.63. The fraction of sp³-hybridized carbons (Fsp3) is 0.200. The number of thiophene rings is 1. The molecule has 0 radical (unpaired) electrons. The highest BCUT2D eigenvalue weighted by atomic mass is 32.1. The van der Waals surface area contributed by atoms with Crippen molar-refractivity contribution in [3.8, 4) is 32.4 Å². The molecule has 1 unspecified atom stereocenters. The number of halogens is 1. The van der Waals surface area contributed by atoms with Gasteiger partial charge in [-0.25, -0.2) is 4.39 Å². The van der Waals surface area contributed by atoms with Crippen molar-refractivity contribution in [1.29, 1.82) is 0 Å². The number of rotatable bonds is 5. The first-order valence-electron chi connectivity index (χ1n) is 14.7. The van der Waals surface area contributed by atoms with E-state index in [0.29, 0.717) is 13.2 Å². The molecule has 2 aliphatic heterocycles. The molecular weight excluding hydrogens is 593 g/mol. The monoisotopic (exact) mass is 621 g/mol. The number of benzene rings is 3. The van der Waals surface area contributed by atoms with Gasteiger partial charge in [-0.3, -0.25) is 19.3 Å². The van der Waals surface area contributed by atoms with E-state index in [2.05, 4.69) is 17.1 Å². The van der Waals surface area contributed by atoms with Crippen molar-refractivity contribution in [3.63, 3.8) is 0 Å². The summed E-state index contributed by atoms with van der Waals surface area (Å²) in [4.78, 5) is 30.2. The molecule has 226 valence electrons. The first-order chi connectivity index (χ1) is 22.0. The van der Waals surface area contributed by atoms with E-state index in [0.717, 1.165) is 43.3 Å². The number of amides is 1. The molecule has 2 atom stereocenters. The molecule has 45 heavy (non-hydrogen) atoms. The van der Waals surface area contributed by atoms with E-state index in [1.807, 2.05) is 54.6 Å². The topological polar surface area (TPSA) is 73.2 Å². The first kappa shape index (κ1) is 27.6. The molecule has 0 spiro atoms. The van der Waals surface area contributed by atoms with E-state index in [1.165, 1.54) is 23.5 Å². The molecule has 8 rings (SSSR count). The van der Waals surface area contributed by atoms with Gasteiger partial charge in [0.2, 0.25) is 5.43 Å². The number of carbonyl (C=O) groups excluding carboxylic acids is 1. The normalized spacial score (nSPS) is 18.2. The van der Waals surface area contributed by atoms with Crippen molar-refractivity contribution < 1.29 is 23.4 Å². The van der Waals surface area contributed by atoms with Crippen LogP contribution in [0.1, 0.15) is 33.2 Å². The number of hydrogen-bond donors (Lipinski definition) is 0. The Morgan fingerprint density at radius 2 is 1.73 bits per heavy atom. The number of aromatic nitrogens is 1. The van der Waals surface area contributed by atoms with Crippen LogP contribution in [0.15, 0.2) is 95.9 Å². The minimum atomic E-state index is -0.509. The second-order valence-corrected chi connectivity index (χ2v) is 12.2. The summed E-state index contributed by atoms with van der Waals surface area (Å²) in [6, 6.07) is 25.4. The molecular formula is C35H28FN3O5S. The number of nitrogens with zero attached hydrogens (tertiary/aromatic N) is 3. The molecule has 10 heteroatoms. The standard InChI is InChI=1S/C35H28FN3O5S/c1-42-30-18-27-23-9-5-6-10-24(23)31(25-12-11-22(36)17-26(25)34(27)45-30)39-29-20-43-16-15-37(29)35(41)32-33(28(40)13-14-38(32)39)44-19-21-7-3-2-4-8-21/h2-14,17-18,29,31H,15-16,19-20H2,1H3/t29-,31?/m1/s1. The zero-order chi connectivity index (χ0) is 30.7. The number of methoxy groups -OCH3 is 1. The van der Waals surface area contributed by atoms with Gasteiger partial charge in [0.25, 0.3) is 5.91 Å². The Morgan fingerprint density at radius 1 is 0.933 bits per heavy atom. The molecule has 0 N–H and O–H groups in total. The van der Waals surface area contributed by atoms with Gasteiger partial charge in [-0.2, -0.15) is 0 Å². The Labute approximate surface area is 262 Å². The van der Waals surface area contributed by atoms with Crippen LogP contribution in [-0.4, -0.2) is 48.5 Å². The van der Waals surface area contributed by atoms with Gasteiger partial charge in [0.1, 0.15) is 18.6 Å². The lowest BCUT2D eigenvalue weighted by Gasteiger charge is -2.51. The number of pyridine rings is 1. The third-order valence-electron chi connectivity index (χ3n) is 8.66. The van der Waals surface area contributed by atoms with Crippen LogP contribution in [-0.2, 0) is 11.3 Å². The smallest absolute Gasteiger partial charge is 0.278 e. The minimum absolute atomic E-state index is 0.00798. The molecule has 5 aromatic rings. The van der Waals surface area contributed by atoms with Crippen molar-refractivity contribution in [2.24, 2.45) is 0 Å². The lowest BCUT2D eigenvalue weighted by atomic mass is 9.92. The zero-order valence-corrected chi connectivity index (χ0v) is 25.1. The highest BCUT2D eigenvalue weighted by molar-refractivity contribution is 7.18. The largest absolute Gasteiger partial charge is 0.487 e. The number of morpholine rings is 1. The molecule has 0 bridgehead atoms. The minimum Gasteiger partial charge on any atom is -0.487 e. The van der Waals surface area contributed by atoms with Crippen LogP contribution >= 0.6 is 11.3 Å². The first-order valence-corrected chi connectivity index (χ1v) is 15.5. The van der Waals surface area contributed by atoms with Gasteiger partial charge < -0.3 is 19.1 Å². The summed E-state index contributed by atoms with van der Waals surface area (Å²) in [5.74, 6) is -0.661. The van der Waals surface area contributed by atoms with Crippen LogP contribution in [0.3, 0.4) is 0 Å². The van der Waals surface area contributed by atoms with Gasteiger partial charge in [0, 0.05) is 40.9 Å². The van der Waals surface area contributed by atoms with Crippen molar-refractivity contribution in [2.45, 2.75) is 18.8 Å². The van der Waals surface area contributed by atoms with Gasteiger partial charge in [-0.1, -0.05) is 72.0 Å². The number of carbonyl (C=O) groups is 1.